The van der Waals surface area contributed by atoms with Gasteiger partial charge in [0.25, 0.3) is 0 Å². The van der Waals surface area contributed by atoms with E-state index in [9.17, 15) is 19.2 Å². The maximum atomic E-state index is 12.9. The van der Waals surface area contributed by atoms with E-state index in [1.165, 1.54) is 0 Å². The van der Waals surface area contributed by atoms with E-state index in [-0.39, 0.29) is 23.2 Å². The molecule has 0 N–H and O–H groups in total. The maximum Gasteiger partial charge on any atom is 0.339 e. The second kappa shape index (κ2) is 13.7. The smallest absolute Gasteiger partial charge is 0.339 e. The number of fused-ring (bicyclic) bond motifs is 3. The van der Waals surface area contributed by atoms with Crippen LogP contribution in [-0.2, 0) is 19.1 Å². The summed E-state index contributed by atoms with van der Waals surface area (Å²) >= 11 is 1.11. The second-order valence-electron chi connectivity index (χ2n) is 10.8. The molecule has 1 aliphatic carbocycles. The first-order valence-electron chi connectivity index (χ1n) is 14.4. The zero-order valence-corrected chi connectivity index (χ0v) is 25.2. The Labute approximate surface area is 259 Å². The van der Waals surface area contributed by atoms with Gasteiger partial charge in [0.15, 0.2) is 0 Å². The minimum Gasteiger partial charge on any atom is -0.462 e. The van der Waals surface area contributed by atoms with Crippen LogP contribution in [0.3, 0.4) is 0 Å². The van der Waals surface area contributed by atoms with Gasteiger partial charge in [0, 0.05) is 21.6 Å². The minimum atomic E-state index is -0.667. The molecule has 0 saturated heterocycles. The first-order chi connectivity index (χ1) is 21.2. The lowest BCUT2D eigenvalue weighted by molar-refractivity contribution is -0.150. The lowest BCUT2D eigenvalue weighted by Gasteiger charge is -2.21. The van der Waals surface area contributed by atoms with Crippen molar-refractivity contribution >= 4 is 56.3 Å². The second-order valence-corrected chi connectivity index (χ2v) is 11.9. The monoisotopic (exact) mass is 608 g/mol. The molecule has 0 spiro atoms. The molecule has 1 aliphatic rings. The van der Waals surface area contributed by atoms with Gasteiger partial charge in [-0.25, -0.2) is 9.59 Å². The molecule has 0 unspecified atom stereocenters. The van der Waals surface area contributed by atoms with Crippen molar-refractivity contribution in [2.45, 2.75) is 56.4 Å². The average Bonchev–Trinajstić information content (AvgIpc) is 3.01. The standard InChI is InChI=1S/C36H32O7S/c1-22(2)34(38)42-28-13-11-24(12-14-28)36(40)44-30-16-18-32-26(21-30)10-9-25-20-29(15-17-31(25)32)43-35(39)23(3)19-33(37)41-27-7-5-4-6-8-27/h9-18,20-21,27H,1,3-8,19H2,2H3. The molecule has 0 aromatic heterocycles. The lowest BCUT2D eigenvalue weighted by Crippen LogP contribution is -2.22. The highest BCUT2D eigenvalue weighted by Gasteiger charge is 2.21. The van der Waals surface area contributed by atoms with Crippen LogP contribution in [0.5, 0.6) is 11.5 Å². The van der Waals surface area contributed by atoms with Gasteiger partial charge in [0.05, 0.1) is 6.42 Å². The predicted octanol–water partition coefficient (Wildman–Crippen LogP) is 8.13. The van der Waals surface area contributed by atoms with E-state index in [1.807, 2.05) is 36.4 Å². The van der Waals surface area contributed by atoms with Crippen molar-refractivity contribution in [2.24, 2.45) is 0 Å². The van der Waals surface area contributed by atoms with Gasteiger partial charge >= 0.3 is 17.9 Å². The topological polar surface area (TPSA) is 96.0 Å². The lowest BCUT2D eigenvalue weighted by atomic mass is 9.98. The summed E-state index contributed by atoms with van der Waals surface area (Å²) < 4.78 is 16.2. The van der Waals surface area contributed by atoms with Crippen molar-refractivity contribution in [1.29, 1.82) is 0 Å². The minimum absolute atomic E-state index is 0.0474. The van der Waals surface area contributed by atoms with Crippen molar-refractivity contribution in [3.05, 3.63) is 103 Å². The Balaban J connectivity index is 1.21. The highest BCUT2D eigenvalue weighted by molar-refractivity contribution is 8.14. The Kier molecular flexibility index (Phi) is 9.60. The van der Waals surface area contributed by atoms with Crippen LogP contribution in [0.2, 0.25) is 0 Å². The van der Waals surface area contributed by atoms with Crippen molar-refractivity contribution in [3.8, 4) is 11.5 Å². The summed E-state index contributed by atoms with van der Waals surface area (Å²) in [5.41, 5.74) is 0.820. The predicted molar refractivity (Wildman–Crippen MR) is 171 cm³/mol. The van der Waals surface area contributed by atoms with Gasteiger partial charge in [-0.05, 0) is 114 Å². The number of esters is 3. The molecule has 7 nitrogen and oxygen atoms in total. The molecule has 4 aromatic carbocycles. The summed E-state index contributed by atoms with van der Waals surface area (Å²) in [7, 11) is 0. The molecule has 1 fully saturated rings. The molecule has 8 heteroatoms. The quantitative estimate of drug-likeness (QED) is 0.0618. The van der Waals surface area contributed by atoms with Crippen LogP contribution in [-0.4, -0.2) is 29.1 Å². The van der Waals surface area contributed by atoms with Crippen LogP contribution in [0.25, 0.3) is 21.5 Å². The Morgan fingerprint density at radius 1 is 0.750 bits per heavy atom. The highest BCUT2D eigenvalue weighted by Crippen LogP contribution is 2.33. The summed E-state index contributed by atoms with van der Waals surface area (Å²) in [4.78, 5) is 50.3. The molecule has 0 amide bonds. The first kappa shape index (κ1) is 30.8. The molecule has 0 atom stereocenters. The van der Waals surface area contributed by atoms with E-state index >= 15 is 0 Å². The highest BCUT2D eigenvalue weighted by atomic mass is 32.2. The van der Waals surface area contributed by atoms with E-state index in [1.54, 1.807) is 43.3 Å². The van der Waals surface area contributed by atoms with Crippen molar-refractivity contribution in [1.82, 2.24) is 0 Å². The number of thioether (sulfide) groups is 1. The summed E-state index contributed by atoms with van der Waals surface area (Å²) in [5.74, 6) is -0.952. The molecule has 4 aromatic rings. The Hall–Kier alpha value is -4.69. The number of hydrogen-bond acceptors (Lipinski definition) is 8. The third-order valence-electron chi connectivity index (χ3n) is 7.35. The molecule has 0 radical (unpaired) electrons. The molecular weight excluding hydrogens is 576 g/mol. The number of ether oxygens (including phenoxy) is 3. The Morgan fingerprint density at radius 2 is 1.36 bits per heavy atom. The molecule has 0 heterocycles. The number of carbonyl (C=O) groups excluding carboxylic acids is 4. The fourth-order valence-electron chi connectivity index (χ4n) is 5.01. The van der Waals surface area contributed by atoms with Crippen LogP contribution in [0.4, 0.5) is 0 Å². The normalized spacial score (nSPS) is 13.3. The Morgan fingerprint density at radius 3 is 2.05 bits per heavy atom. The molecule has 44 heavy (non-hydrogen) atoms. The van der Waals surface area contributed by atoms with Crippen LogP contribution in [0.1, 0.15) is 55.8 Å². The van der Waals surface area contributed by atoms with Crippen LogP contribution in [0, 0.1) is 0 Å². The number of rotatable bonds is 9. The van der Waals surface area contributed by atoms with Gasteiger partial charge in [-0.1, -0.05) is 43.8 Å². The van der Waals surface area contributed by atoms with Crippen molar-refractivity contribution in [3.63, 3.8) is 0 Å². The fraction of sp³-hybridized carbons (Fsp3) is 0.222. The van der Waals surface area contributed by atoms with Gasteiger partial charge in [-0.2, -0.15) is 0 Å². The summed E-state index contributed by atoms with van der Waals surface area (Å²) in [6.45, 7) is 8.86. The third kappa shape index (κ3) is 7.63. The van der Waals surface area contributed by atoms with E-state index in [4.69, 9.17) is 14.2 Å². The van der Waals surface area contributed by atoms with E-state index in [2.05, 4.69) is 13.2 Å². The molecule has 224 valence electrons. The first-order valence-corrected chi connectivity index (χ1v) is 15.2. The van der Waals surface area contributed by atoms with Gasteiger partial charge in [-0.15, -0.1) is 0 Å². The third-order valence-corrected chi connectivity index (χ3v) is 8.26. The summed E-state index contributed by atoms with van der Waals surface area (Å²) in [5, 5.41) is 3.62. The van der Waals surface area contributed by atoms with Crippen molar-refractivity contribution < 1.29 is 33.4 Å². The van der Waals surface area contributed by atoms with Gasteiger partial charge < -0.3 is 14.2 Å². The summed E-state index contributed by atoms with van der Waals surface area (Å²) in [6.07, 6.45) is 4.69. The fourth-order valence-corrected chi connectivity index (χ4v) is 5.80. The largest absolute Gasteiger partial charge is 0.462 e. The molecule has 0 aliphatic heterocycles. The van der Waals surface area contributed by atoms with Crippen LogP contribution < -0.4 is 9.47 Å². The van der Waals surface area contributed by atoms with E-state index < -0.39 is 17.9 Å². The van der Waals surface area contributed by atoms with Gasteiger partial charge in [-0.3, -0.25) is 9.59 Å². The van der Waals surface area contributed by atoms with Gasteiger partial charge in [0.1, 0.15) is 17.6 Å². The number of carbonyl (C=O) groups is 4. The zero-order chi connectivity index (χ0) is 31.2. The molecular formula is C36H32O7S. The van der Waals surface area contributed by atoms with Crippen molar-refractivity contribution in [2.75, 3.05) is 0 Å². The van der Waals surface area contributed by atoms with Crippen LogP contribution >= 0.6 is 11.8 Å². The maximum absolute atomic E-state index is 12.9. The molecule has 0 bridgehead atoms. The summed E-state index contributed by atoms with van der Waals surface area (Å²) in [6, 6.07) is 21.4. The SMILES string of the molecule is C=C(C)C(=O)Oc1ccc(C(=O)Sc2ccc3c(ccc4cc(OC(=O)C(=C)CC(=O)OC5CCCCC5)ccc43)c2)cc1. The number of benzene rings is 4. The van der Waals surface area contributed by atoms with Gasteiger partial charge in [0.2, 0.25) is 5.12 Å². The number of hydrogen-bond donors (Lipinski definition) is 0. The van der Waals surface area contributed by atoms with E-state index in [0.717, 1.165) is 70.3 Å². The van der Waals surface area contributed by atoms with E-state index in [0.29, 0.717) is 22.6 Å². The molecule has 5 rings (SSSR count). The molecule has 1 saturated carbocycles. The van der Waals surface area contributed by atoms with Crippen LogP contribution in [0.15, 0.2) is 102 Å². The average molecular weight is 609 g/mol. The zero-order valence-electron chi connectivity index (χ0n) is 24.4. The Bertz CT molecular complexity index is 1780.